The highest BCUT2D eigenvalue weighted by molar-refractivity contribution is 6.69. The standard InChI is InChI=1S/C10H11ClN2O4/c1-12-10(11)6-4-7(13(14)15)9(17-3)8(5-6)16-2/h4-5H,1-3H3/b12-10-. The Kier molecular flexibility index (Phi) is 4.28. The predicted molar refractivity (Wildman–Crippen MR) is 64.5 cm³/mol. The van der Waals surface area contributed by atoms with E-state index >= 15 is 0 Å². The largest absolute Gasteiger partial charge is 0.493 e. The molecule has 0 spiro atoms. The molecule has 1 rings (SSSR count). The molecule has 0 heterocycles. The minimum absolute atomic E-state index is 0.0572. The van der Waals surface area contributed by atoms with Crippen molar-refractivity contribution in [1.82, 2.24) is 0 Å². The second-order valence-electron chi connectivity index (χ2n) is 3.00. The van der Waals surface area contributed by atoms with Crippen molar-refractivity contribution < 1.29 is 14.4 Å². The molecular weight excluding hydrogens is 248 g/mol. The summed E-state index contributed by atoms with van der Waals surface area (Å²) in [6, 6.07) is 2.82. The van der Waals surface area contributed by atoms with E-state index in [1.54, 1.807) is 0 Å². The van der Waals surface area contributed by atoms with Gasteiger partial charge in [0.2, 0.25) is 5.75 Å². The third kappa shape index (κ3) is 2.65. The summed E-state index contributed by atoms with van der Waals surface area (Å²) in [6.45, 7) is 0. The maximum Gasteiger partial charge on any atom is 0.315 e. The van der Waals surface area contributed by atoms with Crippen LogP contribution in [0.15, 0.2) is 17.1 Å². The Bertz CT molecular complexity index is 474. The summed E-state index contributed by atoms with van der Waals surface area (Å²) in [4.78, 5) is 14.1. The number of hydrogen-bond acceptors (Lipinski definition) is 5. The van der Waals surface area contributed by atoms with Crippen molar-refractivity contribution in [2.75, 3.05) is 21.3 Å². The molecule has 0 aliphatic rings. The first-order chi connectivity index (χ1) is 8.04. The lowest BCUT2D eigenvalue weighted by atomic mass is 10.2. The van der Waals surface area contributed by atoms with Crippen molar-refractivity contribution in [3.63, 3.8) is 0 Å². The number of nitro groups is 1. The number of aliphatic imine (C=N–C) groups is 1. The lowest BCUT2D eigenvalue weighted by Gasteiger charge is -2.09. The van der Waals surface area contributed by atoms with Crippen LogP contribution >= 0.6 is 11.6 Å². The first-order valence-corrected chi connectivity index (χ1v) is 4.96. The number of halogens is 1. The fraction of sp³-hybridized carbons (Fsp3) is 0.300. The minimum Gasteiger partial charge on any atom is -0.493 e. The van der Waals surface area contributed by atoms with Crippen LogP contribution in [0, 0.1) is 10.1 Å². The Morgan fingerprint density at radius 3 is 2.47 bits per heavy atom. The van der Waals surface area contributed by atoms with Crippen LogP contribution in [0.5, 0.6) is 11.5 Å². The summed E-state index contributed by atoms with van der Waals surface area (Å²) in [7, 11) is 4.22. The quantitative estimate of drug-likeness (QED) is 0.471. The van der Waals surface area contributed by atoms with Gasteiger partial charge in [0.05, 0.1) is 19.1 Å². The number of rotatable bonds is 4. The van der Waals surface area contributed by atoms with Gasteiger partial charge in [-0.15, -0.1) is 0 Å². The van der Waals surface area contributed by atoms with Gasteiger partial charge in [0.1, 0.15) is 5.17 Å². The molecule has 0 fully saturated rings. The normalized spacial score (nSPS) is 11.2. The molecule has 0 aliphatic heterocycles. The van der Waals surface area contributed by atoms with E-state index in [2.05, 4.69) is 4.99 Å². The van der Waals surface area contributed by atoms with Gasteiger partial charge in [0, 0.05) is 18.7 Å². The van der Waals surface area contributed by atoms with Crippen LogP contribution < -0.4 is 9.47 Å². The molecule has 92 valence electrons. The molecule has 0 saturated carbocycles. The monoisotopic (exact) mass is 258 g/mol. The summed E-state index contributed by atoms with van der Waals surface area (Å²) >= 11 is 5.82. The molecule has 1 aromatic rings. The number of methoxy groups -OCH3 is 2. The van der Waals surface area contributed by atoms with Gasteiger partial charge in [0.15, 0.2) is 5.75 Å². The van der Waals surface area contributed by atoms with E-state index in [-0.39, 0.29) is 22.4 Å². The van der Waals surface area contributed by atoms with Crippen LogP contribution in [-0.4, -0.2) is 31.4 Å². The van der Waals surface area contributed by atoms with E-state index in [1.807, 2.05) is 0 Å². The highest BCUT2D eigenvalue weighted by atomic mass is 35.5. The Morgan fingerprint density at radius 2 is 2.06 bits per heavy atom. The Labute approximate surface area is 103 Å². The zero-order valence-corrected chi connectivity index (χ0v) is 10.3. The molecule has 0 saturated heterocycles. The summed E-state index contributed by atoms with van der Waals surface area (Å²) in [5, 5.41) is 11.1. The minimum atomic E-state index is -0.565. The smallest absolute Gasteiger partial charge is 0.315 e. The van der Waals surface area contributed by atoms with E-state index in [0.717, 1.165) is 0 Å². The zero-order valence-electron chi connectivity index (χ0n) is 9.56. The van der Waals surface area contributed by atoms with Crippen LogP contribution in [0.2, 0.25) is 0 Å². The Hall–Kier alpha value is -1.82. The van der Waals surface area contributed by atoms with Gasteiger partial charge in [0.25, 0.3) is 0 Å². The van der Waals surface area contributed by atoms with Gasteiger partial charge in [-0.2, -0.15) is 0 Å². The molecule has 0 amide bonds. The van der Waals surface area contributed by atoms with E-state index in [0.29, 0.717) is 5.56 Å². The SMILES string of the molecule is C/N=C(\Cl)c1cc(OC)c(OC)c([N+](=O)[O-])c1. The molecule has 6 nitrogen and oxygen atoms in total. The molecule has 0 N–H and O–H groups in total. The average molecular weight is 259 g/mol. The summed E-state index contributed by atoms with van der Waals surface area (Å²) in [6.07, 6.45) is 0. The molecule has 0 unspecified atom stereocenters. The maximum absolute atomic E-state index is 10.9. The van der Waals surface area contributed by atoms with E-state index in [9.17, 15) is 10.1 Å². The van der Waals surface area contributed by atoms with Crippen molar-refractivity contribution in [3.8, 4) is 11.5 Å². The maximum atomic E-state index is 10.9. The molecular formula is C10H11ClN2O4. The lowest BCUT2D eigenvalue weighted by molar-refractivity contribution is -0.385. The van der Waals surface area contributed by atoms with Gasteiger partial charge in [-0.25, -0.2) is 0 Å². The number of benzene rings is 1. The molecule has 0 aromatic heterocycles. The first-order valence-electron chi connectivity index (χ1n) is 4.58. The number of hydrogen-bond donors (Lipinski definition) is 0. The molecule has 0 aliphatic carbocycles. The third-order valence-corrected chi connectivity index (χ3v) is 2.48. The summed E-state index contributed by atoms with van der Waals surface area (Å²) < 4.78 is 9.97. The fourth-order valence-electron chi connectivity index (χ4n) is 1.33. The van der Waals surface area contributed by atoms with Crippen molar-refractivity contribution in [2.24, 2.45) is 4.99 Å². The van der Waals surface area contributed by atoms with E-state index < -0.39 is 4.92 Å². The lowest BCUT2D eigenvalue weighted by Crippen LogP contribution is -2.01. The highest BCUT2D eigenvalue weighted by Gasteiger charge is 2.22. The highest BCUT2D eigenvalue weighted by Crippen LogP contribution is 2.38. The molecule has 1 aromatic carbocycles. The molecule has 7 heteroatoms. The second-order valence-corrected chi connectivity index (χ2v) is 3.36. The van der Waals surface area contributed by atoms with Gasteiger partial charge < -0.3 is 9.47 Å². The average Bonchev–Trinajstić information content (AvgIpc) is 2.35. The molecule has 0 atom stereocenters. The third-order valence-electron chi connectivity index (χ3n) is 2.09. The van der Waals surface area contributed by atoms with Crippen LogP contribution in [0.25, 0.3) is 0 Å². The predicted octanol–water partition coefficient (Wildman–Crippen LogP) is 2.23. The van der Waals surface area contributed by atoms with Crippen molar-refractivity contribution in [2.45, 2.75) is 0 Å². The topological polar surface area (TPSA) is 74.0 Å². The second kappa shape index (κ2) is 5.49. The van der Waals surface area contributed by atoms with Crippen LogP contribution in [-0.2, 0) is 0 Å². The van der Waals surface area contributed by atoms with Gasteiger partial charge in [-0.05, 0) is 6.07 Å². The summed E-state index contributed by atoms with van der Waals surface area (Å²) in [5.74, 6) is 0.292. The fourth-order valence-corrected chi connectivity index (χ4v) is 1.44. The number of nitrogens with zero attached hydrogens (tertiary/aromatic N) is 2. The van der Waals surface area contributed by atoms with Crippen molar-refractivity contribution >= 4 is 22.5 Å². The molecule has 0 radical (unpaired) electrons. The Balaban J connectivity index is 3.51. The Morgan fingerprint density at radius 1 is 1.41 bits per heavy atom. The van der Waals surface area contributed by atoms with E-state index in [4.69, 9.17) is 21.1 Å². The van der Waals surface area contributed by atoms with Gasteiger partial charge in [-0.3, -0.25) is 15.1 Å². The van der Waals surface area contributed by atoms with Crippen molar-refractivity contribution in [1.29, 1.82) is 0 Å². The van der Waals surface area contributed by atoms with Gasteiger partial charge >= 0.3 is 5.69 Å². The molecule has 17 heavy (non-hydrogen) atoms. The molecule has 0 bridgehead atoms. The number of ether oxygens (including phenoxy) is 2. The van der Waals surface area contributed by atoms with E-state index in [1.165, 1.54) is 33.4 Å². The van der Waals surface area contributed by atoms with Crippen LogP contribution in [0.1, 0.15) is 5.56 Å². The van der Waals surface area contributed by atoms with Crippen LogP contribution in [0.3, 0.4) is 0 Å². The summed E-state index contributed by atoms with van der Waals surface area (Å²) in [5.41, 5.74) is 0.183. The number of nitro benzene ring substituents is 1. The van der Waals surface area contributed by atoms with Crippen molar-refractivity contribution in [3.05, 3.63) is 27.8 Å². The first kappa shape index (κ1) is 13.2. The zero-order chi connectivity index (χ0) is 13.0. The van der Waals surface area contributed by atoms with Crippen LogP contribution in [0.4, 0.5) is 5.69 Å². The van der Waals surface area contributed by atoms with Gasteiger partial charge in [-0.1, -0.05) is 11.6 Å².